The Kier molecular flexibility index (Phi) is 4.29. The van der Waals surface area contributed by atoms with Gasteiger partial charge < -0.3 is 14.8 Å². The van der Waals surface area contributed by atoms with E-state index in [-0.39, 0.29) is 0 Å². The van der Waals surface area contributed by atoms with Crippen molar-refractivity contribution in [2.24, 2.45) is 0 Å². The van der Waals surface area contributed by atoms with E-state index in [4.69, 9.17) is 9.47 Å². The Bertz CT molecular complexity index is 552. The van der Waals surface area contributed by atoms with E-state index in [0.29, 0.717) is 0 Å². The Morgan fingerprint density at radius 2 is 1.84 bits per heavy atom. The average Bonchev–Trinajstić information content (AvgIpc) is 2.45. The Labute approximate surface area is 114 Å². The Balaban J connectivity index is 2.11. The summed E-state index contributed by atoms with van der Waals surface area (Å²) >= 11 is 0. The van der Waals surface area contributed by atoms with Crippen LogP contribution >= 0.6 is 0 Å². The van der Waals surface area contributed by atoms with Gasteiger partial charge in [-0.2, -0.15) is 0 Å². The summed E-state index contributed by atoms with van der Waals surface area (Å²) in [5.74, 6) is 1.57. The summed E-state index contributed by atoms with van der Waals surface area (Å²) in [7, 11) is 3.31. The van der Waals surface area contributed by atoms with Crippen LogP contribution in [-0.2, 0) is 6.54 Å². The highest BCUT2D eigenvalue weighted by atomic mass is 16.5. The summed E-state index contributed by atoms with van der Waals surface area (Å²) in [5.41, 5.74) is 3.48. The monoisotopic (exact) mass is 257 g/mol. The summed E-state index contributed by atoms with van der Waals surface area (Å²) in [6.45, 7) is 2.86. The molecule has 0 saturated carbocycles. The second-order valence-electron chi connectivity index (χ2n) is 4.41. The molecule has 3 nitrogen and oxygen atoms in total. The summed E-state index contributed by atoms with van der Waals surface area (Å²) in [5, 5.41) is 3.38. The van der Waals surface area contributed by atoms with Crippen molar-refractivity contribution < 1.29 is 9.47 Å². The predicted molar refractivity (Wildman–Crippen MR) is 78.1 cm³/mol. The molecule has 0 radical (unpaired) electrons. The van der Waals surface area contributed by atoms with Gasteiger partial charge in [0.1, 0.15) is 11.5 Å². The molecule has 0 aliphatic rings. The van der Waals surface area contributed by atoms with Crippen LogP contribution in [0.25, 0.3) is 0 Å². The van der Waals surface area contributed by atoms with Crippen LogP contribution in [0.5, 0.6) is 11.5 Å². The lowest BCUT2D eigenvalue weighted by molar-refractivity contribution is 0.395. The zero-order valence-corrected chi connectivity index (χ0v) is 11.6. The second kappa shape index (κ2) is 6.14. The molecule has 2 aromatic rings. The molecule has 0 amide bonds. The van der Waals surface area contributed by atoms with Crippen LogP contribution in [0.4, 0.5) is 5.69 Å². The van der Waals surface area contributed by atoms with Gasteiger partial charge in [-0.1, -0.05) is 29.8 Å². The molecule has 0 spiro atoms. The lowest BCUT2D eigenvalue weighted by Gasteiger charge is -2.12. The third kappa shape index (κ3) is 3.41. The van der Waals surface area contributed by atoms with E-state index in [1.54, 1.807) is 14.2 Å². The summed E-state index contributed by atoms with van der Waals surface area (Å²) in [6.07, 6.45) is 0. The lowest BCUT2D eigenvalue weighted by Crippen LogP contribution is -2.01. The molecular weight excluding hydrogens is 238 g/mol. The molecule has 19 heavy (non-hydrogen) atoms. The third-order valence-corrected chi connectivity index (χ3v) is 2.97. The molecule has 1 N–H and O–H groups in total. The Morgan fingerprint density at radius 3 is 2.53 bits per heavy atom. The zero-order valence-electron chi connectivity index (χ0n) is 11.6. The number of benzene rings is 2. The number of anilines is 1. The largest absolute Gasteiger partial charge is 0.497 e. The van der Waals surface area contributed by atoms with Gasteiger partial charge in [0.2, 0.25) is 0 Å². The van der Waals surface area contributed by atoms with E-state index in [9.17, 15) is 0 Å². The number of aryl methyl sites for hydroxylation is 1. The van der Waals surface area contributed by atoms with E-state index in [2.05, 4.69) is 36.5 Å². The average molecular weight is 257 g/mol. The number of rotatable bonds is 5. The minimum atomic E-state index is 0.768. The fourth-order valence-electron chi connectivity index (χ4n) is 1.96. The topological polar surface area (TPSA) is 30.5 Å². The van der Waals surface area contributed by atoms with Gasteiger partial charge in [-0.15, -0.1) is 0 Å². The van der Waals surface area contributed by atoms with E-state index >= 15 is 0 Å². The molecule has 2 rings (SSSR count). The van der Waals surface area contributed by atoms with Crippen LogP contribution in [0, 0.1) is 6.92 Å². The summed E-state index contributed by atoms with van der Waals surface area (Å²) in [4.78, 5) is 0. The van der Waals surface area contributed by atoms with Crippen molar-refractivity contribution in [3.8, 4) is 11.5 Å². The molecule has 0 saturated heterocycles. The molecule has 0 aliphatic heterocycles. The maximum absolute atomic E-state index is 5.36. The first-order chi connectivity index (χ1) is 9.22. The van der Waals surface area contributed by atoms with Crippen molar-refractivity contribution in [3.63, 3.8) is 0 Å². The summed E-state index contributed by atoms with van der Waals surface area (Å²) in [6, 6.07) is 14.2. The third-order valence-electron chi connectivity index (χ3n) is 2.97. The van der Waals surface area contributed by atoms with Crippen LogP contribution in [0.15, 0.2) is 42.5 Å². The minimum Gasteiger partial charge on any atom is -0.497 e. The van der Waals surface area contributed by atoms with Crippen LogP contribution in [0.2, 0.25) is 0 Å². The number of nitrogens with one attached hydrogen (secondary N) is 1. The molecule has 3 heteroatoms. The molecule has 0 atom stereocenters. The van der Waals surface area contributed by atoms with Crippen LogP contribution in [-0.4, -0.2) is 14.2 Å². The van der Waals surface area contributed by atoms with Gasteiger partial charge in [0.15, 0.2) is 0 Å². The van der Waals surface area contributed by atoms with E-state index in [1.807, 2.05) is 18.2 Å². The molecule has 0 bridgehead atoms. The van der Waals surface area contributed by atoms with Gasteiger partial charge in [-0.3, -0.25) is 0 Å². The second-order valence-corrected chi connectivity index (χ2v) is 4.41. The van der Waals surface area contributed by atoms with Gasteiger partial charge in [-0.05, 0) is 24.6 Å². The van der Waals surface area contributed by atoms with Crippen molar-refractivity contribution in [1.29, 1.82) is 0 Å². The molecule has 0 fully saturated rings. The van der Waals surface area contributed by atoms with Gasteiger partial charge in [0.05, 0.1) is 19.9 Å². The first-order valence-corrected chi connectivity index (χ1v) is 6.24. The number of ether oxygens (including phenoxy) is 2. The standard InChI is InChI=1S/C16H19NO2/c1-12-5-4-6-13(9-12)11-17-15-8-7-14(18-2)10-16(15)19-3/h4-10,17H,11H2,1-3H3. The highest BCUT2D eigenvalue weighted by Crippen LogP contribution is 2.29. The van der Waals surface area contributed by atoms with Crippen molar-refractivity contribution in [2.75, 3.05) is 19.5 Å². The highest BCUT2D eigenvalue weighted by Gasteiger charge is 2.04. The van der Waals surface area contributed by atoms with Gasteiger partial charge in [0, 0.05) is 12.6 Å². The zero-order chi connectivity index (χ0) is 13.7. The Morgan fingerprint density at radius 1 is 1.00 bits per heavy atom. The van der Waals surface area contributed by atoms with Crippen LogP contribution < -0.4 is 14.8 Å². The Hall–Kier alpha value is -2.16. The minimum absolute atomic E-state index is 0.768. The van der Waals surface area contributed by atoms with E-state index in [0.717, 1.165) is 23.7 Å². The molecule has 2 aromatic carbocycles. The molecule has 0 aliphatic carbocycles. The first-order valence-electron chi connectivity index (χ1n) is 6.24. The van der Waals surface area contributed by atoms with Crippen LogP contribution in [0.1, 0.15) is 11.1 Å². The first kappa shape index (κ1) is 13.3. The SMILES string of the molecule is COc1ccc(NCc2cccc(C)c2)c(OC)c1. The normalized spacial score (nSPS) is 10.1. The van der Waals surface area contributed by atoms with Crippen molar-refractivity contribution in [3.05, 3.63) is 53.6 Å². The number of hydrogen-bond acceptors (Lipinski definition) is 3. The predicted octanol–water partition coefficient (Wildman–Crippen LogP) is 3.62. The molecule has 0 heterocycles. The molecule has 0 unspecified atom stereocenters. The number of methoxy groups -OCH3 is 2. The van der Waals surface area contributed by atoms with E-state index in [1.165, 1.54) is 11.1 Å². The maximum atomic E-state index is 5.36. The lowest BCUT2D eigenvalue weighted by atomic mass is 10.1. The van der Waals surface area contributed by atoms with Crippen molar-refractivity contribution in [1.82, 2.24) is 0 Å². The number of hydrogen-bond donors (Lipinski definition) is 1. The quantitative estimate of drug-likeness (QED) is 0.887. The van der Waals surface area contributed by atoms with Crippen LogP contribution in [0.3, 0.4) is 0 Å². The van der Waals surface area contributed by atoms with Gasteiger partial charge >= 0.3 is 0 Å². The van der Waals surface area contributed by atoms with Crippen molar-refractivity contribution in [2.45, 2.75) is 13.5 Å². The molecular formula is C16H19NO2. The summed E-state index contributed by atoms with van der Waals surface area (Å²) < 4.78 is 10.5. The fraction of sp³-hybridized carbons (Fsp3) is 0.250. The van der Waals surface area contributed by atoms with E-state index < -0.39 is 0 Å². The maximum Gasteiger partial charge on any atom is 0.145 e. The smallest absolute Gasteiger partial charge is 0.145 e. The molecule has 0 aromatic heterocycles. The fourth-order valence-corrected chi connectivity index (χ4v) is 1.96. The van der Waals surface area contributed by atoms with Crippen molar-refractivity contribution >= 4 is 5.69 Å². The molecule has 100 valence electrons. The van der Waals surface area contributed by atoms with Gasteiger partial charge in [-0.25, -0.2) is 0 Å². The highest BCUT2D eigenvalue weighted by molar-refractivity contribution is 5.59. The van der Waals surface area contributed by atoms with Gasteiger partial charge in [0.25, 0.3) is 0 Å².